The molecule has 0 spiro atoms. The summed E-state index contributed by atoms with van der Waals surface area (Å²) in [7, 11) is 0. The number of hydrogen-bond acceptors (Lipinski definition) is 2. The molecule has 0 amide bonds. The number of aliphatic hydroxyl groups excluding tert-OH is 1. The van der Waals surface area contributed by atoms with Crippen molar-refractivity contribution in [3.8, 4) is 0 Å². The van der Waals surface area contributed by atoms with Crippen molar-refractivity contribution in [2.45, 2.75) is 44.8 Å². The molecule has 0 aromatic rings. The molecule has 0 fully saturated rings. The SMILES string of the molecule is CCCC(CC)(CO)NCC(F)(F)F. The Hall–Kier alpha value is -0.290. The third-order valence-electron chi connectivity index (χ3n) is 2.37. The molecule has 2 N–H and O–H groups in total. The summed E-state index contributed by atoms with van der Waals surface area (Å²) in [6.07, 6.45) is -2.42. The van der Waals surface area contributed by atoms with Crippen LogP contribution in [0.5, 0.6) is 0 Å². The highest BCUT2D eigenvalue weighted by molar-refractivity contribution is 4.86. The Balaban J connectivity index is 4.21. The predicted octanol–water partition coefficient (Wildman–Crippen LogP) is 2.08. The Labute approximate surface area is 82.5 Å². The number of hydrogen-bond donors (Lipinski definition) is 2. The highest BCUT2D eigenvalue weighted by atomic mass is 19.4. The lowest BCUT2D eigenvalue weighted by atomic mass is 9.91. The monoisotopic (exact) mass is 213 g/mol. The summed E-state index contributed by atoms with van der Waals surface area (Å²) < 4.78 is 35.9. The average Bonchev–Trinajstić information content (AvgIpc) is 2.11. The maximum Gasteiger partial charge on any atom is 0.401 e. The van der Waals surface area contributed by atoms with E-state index in [9.17, 15) is 13.2 Å². The lowest BCUT2D eigenvalue weighted by molar-refractivity contribution is -0.130. The largest absolute Gasteiger partial charge is 0.401 e. The standard InChI is InChI=1S/C9H18F3NO/c1-3-5-8(4-2,7-14)13-6-9(10,11)12/h13-14H,3-7H2,1-2H3. The molecule has 0 rings (SSSR count). The van der Waals surface area contributed by atoms with E-state index in [-0.39, 0.29) is 6.61 Å². The van der Waals surface area contributed by atoms with Crippen LogP contribution in [0.2, 0.25) is 0 Å². The van der Waals surface area contributed by atoms with E-state index in [4.69, 9.17) is 5.11 Å². The fourth-order valence-electron chi connectivity index (χ4n) is 1.40. The van der Waals surface area contributed by atoms with Crippen LogP contribution in [0.1, 0.15) is 33.1 Å². The van der Waals surface area contributed by atoms with E-state index in [2.05, 4.69) is 5.32 Å². The van der Waals surface area contributed by atoms with E-state index in [1.54, 1.807) is 6.92 Å². The molecule has 0 bridgehead atoms. The molecule has 0 aromatic carbocycles. The van der Waals surface area contributed by atoms with Gasteiger partial charge in [0.25, 0.3) is 0 Å². The van der Waals surface area contributed by atoms with Gasteiger partial charge in [-0.05, 0) is 12.8 Å². The zero-order chi connectivity index (χ0) is 11.2. The molecule has 0 aliphatic heterocycles. The Morgan fingerprint density at radius 1 is 1.21 bits per heavy atom. The Bertz CT molecular complexity index is 155. The fourth-order valence-corrected chi connectivity index (χ4v) is 1.40. The fraction of sp³-hybridized carbons (Fsp3) is 1.00. The van der Waals surface area contributed by atoms with Gasteiger partial charge in [0, 0.05) is 5.54 Å². The summed E-state index contributed by atoms with van der Waals surface area (Å²) in [6.45, 7) is 2.36. The van der Waals surface area contributed by atoms with Gasteiger partial charge in [0.05, 0.1) is 13.2 Å². The molecule has 0 aliphatic rings. The molecule has 2 nitrogen and oxygen atoms in total. The molecular formula is C9H18F3NO. The molecule has 0 saturated carbocycles. The van der Waals surface area contributed by atoms with Crippen molar-refractivity contribution in [3.63, 3.8) is 0 Å². The number of alkyl halides is 3. The molecule has 0 aromatic heterocycles. The number of halogens is 3. The molecule has 86 valence electrons. The quantitative estimate of drug-likeness (QED) is 0.708. The summed E-state index contributed by atoms with van der Waals surface area (Å²) in [5.74, 6) is 0. The van der Waals surface area contributed by atoms with Crippen molar-refractivity contribution >= 4 is 0 Å². The van der Waals surface area contributed by atoms with Crippen LogP contribution in [0.4, 0.5) is 13.2 Å². The van der Waals surface area contributed by atoms with E-state index in [0.717, 1.165) is 6.42 Å². The molecule has 0 heterocycles. The summed E-state index contributed by atoms with van der Waals surface area (Å²) in [4.78, 5) is 0. The van der Waals surface area contributed by atoms with Crippen LogP contribution in [0.15, 0.2) is 0 Å². The molecule has 1 unspecified atom stereocenters. The summed E-state index contributed by atoms with van der Waals surface area (Å²) in [5, 5.41) is 11.5. The molecule has 0 saturated heterocycles. The van der Waals surface area contributed by atoms with Gasteiger partial charge in [0.1, 0.15) is 0 Å². The maximum atomic E-state index is 12.0. The number of nitrogens with one attached hydrogen (secondary N) is 1. The van der Waals surface area contributed by atoms with Gasteiger partial charge in [0.15, 0.2) is 0 Å². The van der Waals surface area contributed by atoms with Crippen molar-refractivity contribution in [1.29, 1.82) is 0 Å². The van der Waals surface area contributed by atoms with Crippen LogP contribution in [-0.2, 0) is 0 Å². The van der Waals surface area contributed by atoms with Crippen LogP contribution < -0.4 is 5.32 Å². The molecule has 1 atom stereocenters. The summed E-state index contributed by atoms with van der Waals surface area (Å²) >= 11 is 0. The average molecular weight is 213 g/mol. The molecule has 0 aliphatic carbocycles. The third kappa shape index (κ3) is 4.81. The van der Waals surface area contributed by atoms with Gasteiger partial charge >= 0.3 is 6.18 Å². The van der Waals surface area contributed by atoms with Gasteiger partial charge in [-0.2, -0.15) is 13.2 Å². The van der Waals surface area contributed by atoms with Crippen LogP contribution in [-0.4, -0.2) is 30.0 Å². The van der Waals surface area contributed by atoms with E-state index in [1.807, 2.05) is 6.92 Å². The molecule has 5 heteroatoms. The first-order valence-corrected chi connectivity index (χ1v) is 4.82. The number of rotatable bonds is 6. The second kappa shape index (κ2) is 5.56. The van der Waals surface area contributed by atoms with Gasteiger partial charge < -0.3 is 10.4 Å². The van der Waals surface area contributed by atoms with E-state index in [0.29, 0.717) is 12.8 Å². The maximum absolute atomic E-state index is 12.0. The van der Waals surface area contributed by atoms with Gasteiger partial charge in [-0.15, -0.1) is 0 Å². The second-order valence-electron chi connectivity index (χ2n) is 3.51. The smallest absolute Gasteiger partial charge is 0.394 e. The highest BCUT2D eigenvalue weighted by Gasteiger charge is 2.33. The first-order valence-electron chi connectivity index (χ1n) is 4.82. The van der Waals surface area contributed by atoms with Crippen molar-refractivity contribution < 1.29 is 18.3 Å². The van der Waals surface area contributed by atoms with Crippen molar-refractivity contribution in [2.24, 2.45) is 0 Å². The highest BCUT2D eigenvalue weighted by Crippen LogP contribution is 2.20. The molecule has 14 heavy (non-hydrogen) atoms. The molecule has 0 radical (unpaired) electrons. The van der Waals surface area contributed by atoms with Gasteiger partial charge in [-0.3, -0.25) is 0 Å². The van der Waals surface area contributed by atoms with Crippen LogP contribution >= 0.6 is 0 Å². The Morgan fingerprint density at radius 2 is 1.79 bits per heavy atom. The van der Waals surface area contributed by atoms with Crippen LogP contribution in [0.3, 0.4) is 0 Å². The summed E-state index contributed by atoms with van der Waals surface area (Å²) in [5.41, 5.74) is -0.774. The first kappa shape index (κ1) is 13.7. The zero-order valence-corrected chi connectivity index (χ0v) is 8.62. The predicted molar refractivity (Wildman–Crippen MR) is 49.1 cm³/mol. The lowest BCUT2D eigenvalue weighted by Gasteiger charge is -2.32. The molecular weight excluding hydrogens is 195 g/mol. The normalized spacial score (nSPS) is 16.7. The van der Waals surface area contributed by atoms with Crippen LogP contribution in [0, 0.1) is 0 Å². The van der Waals surface area contributed by atoms with Crippen molar-refractivity contribution in [3.05, 3.63) is 0 Å². The van der Waals surface area contributed by atoms with Crippen LogP contribution in [0.25, 0.3) is 0 Å². The third-order valence-corrected chi connectivity index (χ3v) is 2.37. The summed E-state index contributed by atoms with van der Waals surface area (Å²) in [6, 6.07) is 0. The van der Waals surface area contributed by atoms with E-state index >= 15 is 0 Å². The van der Waals surface area contributed by atoms with Gasteiger partial charge in [0.2, 0.25) is 0 Å². The zero-order valence-electron chi connectivity index (χ0n) is 8.62. The minimum atomic E-state index is -4.22. The topological polar surface area (TPSA) is 32.3 Å². The number of aliphatic hydroxyl groups is 1. The Morgan fingerprint density at radius 3 is 2.07 bits per heavy atom. The van der Waals surface area contributed by atoms with Crippen molar-refractivity contribution in [1.82, 2.24) is 5.32 Å². The first-order chi connectivity index (χ1) is 6.39. The van der Waals surface area contributed by atoms with Crippen molar-refractivity contribution in [2.75, 3.05) is 13.2 Å². The minimum Gasteiger partial charge on any atom is -0.394 e. The van der Waals surface area contributed by atoms with Gasteiger partial charge in [-0.1, -0.05) is 20.3 Å². The second-order valence-corrected chi connectivity index (χ2v) is 3.51. The van der Waals surface area contributed by atoms with E-state index < -0.39 is 18.3 Å². The minimum absolute atomic E-state index is 0.257. The lowest BCUT2D eigenvalue weighted by Crippen LogP contribution is -2.51. The van der Waals surface area contributed by atoms with E-state index in [1.165, 1.54) is 0 Å². The Kier molecular flexibility index (Phi) is 5.44. The van der Waals surface area contributed by atoms with Gasteiger partial charge in [-0.25, -0.2) is 0 Å².